The number of ether oxygens (including phenoxy) is 2. The molecule has 1 N–H and O–H groups in total. The first-order valence-electron chi connectivity index (χ1n) is 7.12. The van der Waals surface area contributed by atoms with E-state index in [9.17, 15) is 0 Å². The van der Waals surface area contributed by atoms with Crippen molar-refractivity contribution in [2.75, 3.05) is 13.7 Å². The molecule has 3 nitrogen and oxygen atoms in total. The summed E-state index contributed by atoms with van der Waals surface area (Å²) in [5.41, 5.74) is 2.93. The van der Waals surface area contributed by atoms with E-state index in [0.717, 1.165) is 31.7 Å². The molecule has 2 unspecified atom stereocenters. The molecular weight excluding hydrogens is 238 g/mol. The van der Waals surface area contributed by atoms with Gasteiger partial charge in [-0.05, 0) is 23.6 Å². The van der Waals surface area contributed by atoms with Crippen molar-refractivity contribution < 1.29 is 9.47 Å². The van der Waals surface area contributed by atoms with E-state index in [2.05, 4.69) is 37.4 Å². The molecule has 3 heteroatoms. The number of nitrogens with one attached hydrogen (secondary N) is 1. The molecule has 0 saturated heterocycles. The van der Waals surface area contributed by atoms with Crippen molar-refractivity contribution in [3.05, 3.63) is 29.3 Å². The molecule has 0 radical (unpaired) electrons. The van der Waals surface area contributed by atoms with Gasteiger partial charge in [-0.25, -0.2) is 0 Å². The molecule has 1 aromatic carbocycles. The number of methoxy groups -OCH3 is 1. The predicted octanol–water partition coefficient (Wildman–Crippen LogP) is 2.52. The van der Waals surface area contributed by atoms with E-state index in [1.54, 1.807) is 0 Å². The van der Waals surface area contributed by atoms with E-state index in [1.165, 1.54) is 11.1 Å². The van der Waals surface area contributed by atoms with Crippen LogP contribution in [0.15, 0.2) is 18.2 Å². The Morgan fingerprint density at radius 1 is 1.42 bits per heavy atom. The molecule has 0 aromatic heterocycles. The van der Waals surface area contributed by atoms with Crippen molar-refractivity contribution in [1.29, 1.82) is 0 Å². The third-order valence-electron chi connectivity index (χ3n) is 4.77. The van der Waals surface area contributed by atoms with Crippen molar-refractivity contribution in [3.8, 4) is 5.75 Å². The standard InChI is InChI=1S/C16H23NO2/c1-16(2)14(9-15(16)18-3)17-10-11-4-5-13-12(8-11)6-7-19-13/h4-5,8,14-15,17H,6-7,9-10H2,1-3H3. The molecule has 19 heavy (non-hydrogen) atoms. The Labute approximate surface area is 115 Å². The lowest BCUT2D eigenvalue weighted by molar-refractivity contribution is -0.0979. The van der Waals surface area contributed by atoms with Crippen LogP contribution in [0.3, 0.4) is 0 Å². The van der Waals surface area contributed by atoms with Crippen LogP contribution in [0.25, 0.3) is 0 Å². The fourth-order valence-electron chi connectivity index (χ4n) is 3.22. The Kier molecular flexibility index (Phi) is 3.27. The number of rotatable bonds is 4. The molecule has 1 aliphatic heterocycles. The van der Waals surface area contributed by atoms with Crippen LogP contribution in [0.1, 0.15) is 31.4 Å². The maximum atomic E-state index is 5.54. The zero-order valence-electron chi connectivity index (χ0n) is 12.0. The second-order valence-electron chi connectivity index (χ2n) is 6.26. The normalized spacial score (nSPS) is 27.5. The SMILES string of the molecule is COC1CC(NCc2ccc3c(c2)CCO3)C1(C)C. The fourth-order valence-corrected chi connectivity index (χ4v) is 3.22. The van der Waals surface area contributed by atoms with Crippen LogP contribution in [0, 0.1) is 5.41 Å². The lowest BCUT2D eigenvalue weighted by atomic mass is 9.64. The van der Waals surface area contributed by atoms with E-state index in [4.69, 9.17) is 9.47 Å². The van der Waals surface area contributed by atoms with Gasteiger partial charge in [-0.2, -0.15) is 0 Å². The van der Waals surface area contributed by atoms with Crippen LogP contribution in [0.4, 0.5) is 0 Å². The highest BCUT2D eigenvalue weighted by Gasteiger charge is 2.48. The van der Waals surface area contributed by atoms with Crippen molar-refractivity contribution in [2.24, 2.45) is 5.41 Å². The van der Waals surface area contributed by atoms with Gasteiger partial charge in [0.1, 0.15) is 5.75 Å². The summed E-state index contributed by atoms with van der Waals surface area (Å²) in [6.07, 6.45) is 2.54. The fraction of sp³-hybridized carbons (Fsp3) is 0.625. The summed E-state index contributed by atoms with van der Waals surface area (Å²) >= 11 is 0. The van der Waals surface area contributed by atoms with Crippen LogP contribution in [0.5, 0.6) is 5.75 Å². The van der Waals surface area contributed by atoms with Gasteiger partial charge in [0.25, 0.3) is 0 Å². The minimum atomic E-state index is 0.231. The number of hydrogen-bond donors (Lipinski definition) is 1. The zero-order valence-corrected chi connectivity index (χ0v) is 12.0. The van der Waals surface area contributed by atoms with Gasteiger partial charge in [-0.15, -0.1) is 0 Å². The Morgan fingerprint density at radius 2 is 2.26 bits per heavy atom. The van der Waals surface area contributed by atoms with Crippen molar-refractivity contribution in [1.82, 2.24) is 5.32 Å². The molecule has 2 aliphatic rings. The van der Waals surface area contributed by atoms with Crippen molar-refractivity contribution >= 4 is 0 Å². The van der Waals surface area contributed by atoms with Gasteiger partial charge in [0.05, 0.1) is 12.7 Å². The van der Waals surface area contributed by atoms with Crippen molar-refractivity contribution in [3.63, 3.8) is 0 Å². The zero-order chi connectivity index (χ0) is 13.5. The van der Waals surface area contributed by atoms with Gasteiger partial charge in [0, 0.05) is 31.5 Å². The Balaban J connectivity index is 1.59. The molecule has 3 rings (SSSR count). The second kappa shape index (κ2) is 4.80. The molecule has 1 fully saturated rings. The van der Waals surface area contributed by atoms with Gasteiger partial charge in [0.15, 0.2) is 0 Å². The minimum absolute atomic E-state index is 0.231. The van der Waals surface area contributed by atoms with Gasteiger partial charge in [-0.1, -0.05) is 26.0 Å². The molecule has 104 valence electrons. The molecule has 1 aromatic rings. The van der Waals surface area contributed by atoms with Crippen molar-refractivity contribution in [2.45, 2.75) is 45.4 Å². The van der Waals surface area contributed by atoms with Gasteiger partial charge in [-0.3, -0.25) is 0 Å². The van der Waals surface area contributed by atoms with Gasteiger partial charge < -0.3 is 14.8 Å². The van der Waals surface area contributed by atoms with Gasteiger partial charge >= 0.3 is 0 Å². The van der Waals surface area contributed by atoms with E-state index < -0.39 is 0 Å². The number of hydrogen-bond acceptors (Lipinski definition) is 3. The molecule has 1 saturated carbocycles. The summed E-state index contributed by atoms with van der Waals surface area (Å²) in [6, 6.07) is 7.08. The molecule has 1 aliphatic carbocycles. The van der Waals surface area contributed by atoms with Crippen LogP contribution < -0.4 is 10.1 Å². The largest absolute Gasteiger partial charge is 0.493 e. The molecular formula is C16H23NO2. The maximum absolute atomic E-state index is 5.54. The second-order valence-corrected chi connectivity index (χ2v) is 6.26. The van der Waals surface area contributed by atoms with Crippen LogP contribution in [0.2, 0.25) is 0 Å². The van der Waals surface area contributed by atoms with Gasteiger partial charge in [0.2, 0.25) is 0 Å². The lowest BCUT2D eigenvalue weighted by Gasteiger charge is -2.51. The minimum Gasteiger partial charge on any atom is -0.493 e. The maximum Gasteiger partial charge on any atom is 0.122 e. The number of benzene rings is 1. The summed E-state index contributed by atoms with van der Waals surface area (Å²) < 4.78 is 11.0. The lowest BCUT2D eigenvalue weighted by Crippen LogP contribution is -2.60. The van der Waals surface area contributed by atoms with E-state index in [1.807, 2.05) is 7.11 Å². The Morgan fingerprint density at radius 3 is 3.00 bits per heavy atom. The first-order chi connectivity index (χ1) is 9.11. The van der Waals surface area contributed by atoms with E-state index >= 15 is 0 Å². The first kappa shape index (κ1) is 12.9. The summed E-state index contributed by atoms with van der Waals surface area (Å²) in [5, 5.41) is 3.66. The molecule has 0 spiro atoms. The molecule has 0 bridgehead atoms. The third kappa shape index (κ3) is 2.26. The summed E-state index contributed by atoms with van der Waals surface area (Å²) in [5.74, 6) is 1.06. The Bertz CT molecular complexity index is 470. The van der Waals surface area contributed by atoms with Crippen LogP contribution >= 0.6 is 0 Å². The third-order valence-corrected chi connectivity index (χ3v) is 4.77. The highest BCUT2D eigenvalue weighted by Crippen LogP contribution is 2.42. The first-order valence-corrected chi connectivity index (χ1v) is 7.12. The quantitative estimate of drug-likeness (QED) is 0.903. The molecule has 2 atom stereocenters. The summed E-state index contributed by atoms with van der Waals surface area (Å²) in [4.78, 5) is 0. The predicted molar refractivity (Wildman–Crippen MR) is 75.5 cm³/mol. The summed E-state index contributed by atoms with van der Waals surface area (Å²) in [6.45, 7) is 6.31. The smallest absolute Gasteiger partial charge is 0.122 e. The highest BCUT2D eigenvalue weighted by molar-refractivity contribution is 5.39. The monoisotopic (exact) mass is 261 g/mol. The molecule has 1 heterocycles. The van der Waals surface area contributed by atoms with Crippen LogP contribution in [-0.2, 0) is 17.7 Å². The highest BCUT2D eigenvalue weighted by atomic mass is 16.5. The summed E-state index contributed by atoms with van der Waals surface area (Å²) in [7, 11) is 1.81. The van der Waals surface area contributed by atoms with Crippen LogP contribution in [-0.4, -0.2) is 25.9 Å². The topological polar surface area (TPSA) is 30.5 Å². The Hall–Kier alpha value is -1.06. The molecule has 0 amide bonds. The average molecular weight is 261 g/mol. The number of fused-ring (bicyclic) bond motifs is 1. The van der Waals surface area contributed by atoms with E-state index in [-0.39, 0.29) is 5.41 Å². The van der Waals surface area contributed by atoms with E-state index in [0.29, 0.717) is 12.1 Å². The average Bonchev–Trinajstić information content (AvgIpc) is 2.85.